The minimum Gasteiger partial charge on any atom is -0.493 e. The van der Waals surface area contributed by atoms with Gasteiger partial charge in [0, 0.05) is 43.2 Å². The molecule has 4 rings (SSSR count). The molecule has 1 saturated heterocycles. The maximum Gasteiger partial charge on any atom is 0.418 e. The molecule has 1 aliphatic heterocycles. The van der Waals surface area contributed by atoms with Gasteiger partial charge in [-0.2, -0.15) is 0 Å². The van der Waals surface area contributed by atoms with Crippen LogP contribution in [0.25, 0.3) is 0 Å². The minimum absolute atomic E-state index is 0.0510. The van der Waals surface area contributed by atoms with Gasteiger partial charge in [0.05, 0.1) is 20.3 Å². The molecule has 1 fully saturated rings. The molecule has 0 aliphatic carbocycles. The lowest BCUT2D eigenvalue weighted by molar-refractivity contribution is -0.181. The first kappa shape index (κ1) is 34.8. The predicted octanol–water partition coefficient (Wildman–Crippen LogP) is 4.40. The highest BCUT2D eigenvalue weighted by atomic mass is 19.1. The van der Waals surface area contributed by atoms with E-state index in [0.29, 0.717) is 61.6 Å². The van der Waals surface area contributed by atoms with Crippen molar-refractivity contribution in [1.82, 2.24) is 4.90 Å². The molecule has 3 aromatic carbocycles. The van der Waals surface area contributed by atoms with E-state index in [1.807, 2.05) is 18.2 Å². The topological polar surface area (TPSA) is 115 Å². The van der Waals surface area contributed by atoms with E-state index >= 15 is 0 Å². The lowest BCUT2D eigenvalue weighted by Gasteiger charge is -2.44. The van der Waals surface area contributed by atoms with Crippen LogP contribution < -0.4 is 9.47 Å². The summed E-state index contributed by atoms with van der Waals surface area (Å²) in [5.41, 5.74) is 0.324. The number of ether oxygens (including phenoxy) is 4. The van der Waals surface area contributed by atoms with Gasteiger partial charge >= 0.3 is 11.9 Å². The van der Waals surface area contributed by atoms with Crippen LogP contribution in [-0.2, 0) is 31.1 Å². The number of likely N-dealkylation sites (tertiary alicyclic amines) is 1. The third kappa shape index (κ3) is 8.80. The highest BCUT2D eigenvalue weighted by Crippen LogP contribution is 2.45. The molecule has 0 amide bonds. The van der Waals surface area contributed by atoms with Crippen molar-refractivity contribution < 1.29 is 47.5 Å². The second-order valence-electron chi connectivity index (χ2n) is 11.1. The van der Waals surface area contributed by atoms with Gasteiger partial charge in [0.2, 0.25) is 0 Å². The average molecular weight is 642 g/mol. The van der Waals surface area contributed by atoms with Crippen molar-refractivity contribution in [2.75, 3.05) is 53.2 Å². The van der Waals surface area contributed by atoms with Gasteiger partial charge in [0.1, 0.15) is 11.6 Å². The molecule has 248 valence electrons. The number of esters is 2. The molecule has 9 nitrogen and oxygen atoms in total. The van der Waals surface area contributed by atoms with E-state index in [4.69, 9.17) is 24.1 Å². The summed E-state index contributed by atoms with van der Waals surface area (Å²) >= 11 is 0. The van der Waals surface area contributed by atoms with Crippen LogP contribution in [-0.4, -0.2) is 80.2 Å². The predicted molar refractivity (Wildman–Crippen MR) is 165 cm³/mol. The number of rotatable bonds is 15. The monoisotopic (exact) mass is 641 g/mol. The van der Waals surface area contributed by atoms with Crippen molar-refractivity contribution in [2.45, 2.75) is 37.7 Å². The highest BCUT2D eigenvalue weighted by molar-refractivity contribution is 6.29. The largest absolute Gasteiger partial charge is 0.493 e. The molecule has 0 bridgehead atoms. The molecule has 1 aliphatic rings. The number of carbonyl (C=O) groups excluding carboxylic acids is 2. The van der Waals surface area contributed by atoms with Crippen molar-refractivity contribution in [3.63, 3.8) is 0 Å². The Hall–Kier alpha value is -4.06. The van der Waals surface area contributed by atoms with Crippen LogP contribution in [0.3, 0.4) is 0 Å². The fourth-order valence-electron chi connectivity index (χ4n) is 5.86. The van der Waals surface area contributed by atoms with E-state index in [-0.39, 0.29) is 32.2 Å². The zero-order valence-electron chi connectivity index (χ0n) is 26.0. The van der Waals surface area contributed by atoms with Gasteiger partial charge in [0.15, 0.2) is 17.1 Å². The molecule has 0 saturated carbocycles. The van der Waals surface area contributed by atoms with Crippen LogP contribution in [0.15, 0.2) is 66.7 Å². The molecule has 2 N–H and O–H groups in total. The van der Waals surface area contributed by atoms with Crippen molar-refractivity contribution in [1.29, 1.82) is 0 Å². The molecule has 0 aromatic heterocycles. The first-order chi connectivity index (χ1) is 22.3. The Morgan fingerprint density at radius 1 is 0.826 bits per heavy atom. The smallest absolute Gasteiger partial charge is 0.418 e. The van der Waals surface area contributed by atoms with Crippen LogP contribution in [0.1, 0.15) is 42.4 Å². The van der Waals surface area contributed by atoms with Gasteiger partial charge in [0.25, 0.3) is 0 Å². The summed E-state index contributed by atoms with van der Waals surface area (Å²) in [6.07, 6.45) is 2.55. The molecule has 3 aromatic rings. The van der Waals surface area contributed by atoms with Crippen LogP contribution in [0.2, 0.25) is 0 Å². The Labute approximate surface area is 267 Å². The second-order valence-corrected chi connectivity index (χ2v) is 11.1. The third-order valence-corrected chi connectivity index (χ3v) is 8.17. The number of aliphatic hydroxyl groups is 2. The number of hydrogen-bond acceptors (Lipinski definition) is 9. The summed E-state index contributed by atoms with van der Waals surface area (Å²) < 4.78 is 50.6. The molecule has 11 heteroatoms. The lowest BCUT2D eigenvalue weighted by atomic mass is 9.71. The van der Waals surface area contributed by atoms with Crippen LogP contribution >= 0.6 is 0 Å². The molecule has 0 unspecified atom stereocenters. The SMILES string of the molecule is COc1cc(CCO)ccc1OCCCN1CCC(C(OC(=O)C(=O)OCCCO)(c2ccc(F)cc2)c2ccc(F)cc2)CC1. The Bertz CT molecular complexity index is 1360. The maximum absolute atomic E-state index is 14.0. The number of benzene rings is 3. The Kier molecular flexibility index (Phi) is 12.9. The summed E-state index contributed by atoms with van der Waals surface area (Å²) in [5.74, 6) is -2.51. The van der Waals surface area contributed by atoms with E-state index in [2.05, 4.69) is 4.90 Å². The highest BCUT2D eigenvalue weighted by Gasteiger charge is 2.48. The van der Waals surface area contributed by atoms with Gasteiger partial charge in [-0.15, -0.1) is 0 Å². The normalized spacial score (nSPS) is 14.1. The summed E-state index contributed by atoms with van der Waals surface area (Å²) in [7, 11) is 1.57. The summed E-state index contributed by atoms with van der Waals surface area (Å²) in [6, 6.07) is 16.7. The van der Waals surface area contributed by atoms with E-state index in [1.54, 1.807) is 7.11 Å². The first-order valence-electron chi connectivity index (χ1n) is 15.5. The van der Waals surface area contributed by atoms with Gasteiger partial charge in [-0.25, -0.2) is 18.4 Å². The molecule has 46 heavy (non-hydrogen) atoms. The van der Waals surface area contributed by atoms with Crippen molar-refractivity contribution >= 4 is 11.9 Å². The molecule has 0 spiro atoms. The molecule has 0 atom stereocenters. The summed E-state index contributed by atoms with van der Waals surface area (Å²) in [5, 5.41) is 18.2. The van der Waals surface area contributed by atoms with Crippen molar-refractivity contribution in [3.8, 4) is 11.5 Å². The first-order valence-corrected chi connectivity index (χ1v) is 15.5. The third-order valence-electron chi connectivity index (χ3n) is 8.17. The quantitative estimate of drug-likeness (QED) is 0.142. The molecular formula is C35H41F2NO8. The Balaban J connectivity index is 1.48. The number of piperidine rings is 1. The zero-order valence-corrected chi connectivity index (χ0v) is 26.0. The van der Waals surface area contributed by atoms with E-state index < -0.39 is 29.2 Å². The second kappa shape index (κ2) is 17.0. The number of halogens is 2. The maximum atomic E-state index is 14.0. The lowest BCUT2D eigenvalue weighted by Crippen LogP contribution is -2.48. The minimum atomic E-state index is -1.53. The van der Waals surface area contributed by atoms with E-state index in [9.17, 15) is 23.5 Å². The standard InChI is InChI=1S/C35H41F2NO8/c1-43-32-24-25(16-21-40)4-13-31(32)44-22-2-17-38-18-14-28(15-19-38)35(26-5-9-29(36)10-6-26,27-7-11-30(37)12-8-27)46-34(42)33(41)45-23-3-20-39/h4-13,24,28,39-40H,2-3,14-23H2,1H3. The van der Waals surface area contributed by atoms with Crippen molar-refractivity contribution in [2.24, 2.45) is 5.92 Å². The van der Waals surface area contributed by atoms with Gasteiger partial charge in [-0.1, -0.05) is 30.3 Å². The van der Waals surface area contributed by atoms with E-state index in [0.717, 1.165) is 18.5 Å². The van der Waals surface area contributed by atoms with Gasteiger partial charge < -0.3 is 34.1 Å². The average Bonchev–Trinajstić information content (AvgIpc) is 3.07. The molecule has 1 heterocycles. The summed E-state index contributed by atoms with van der Waals surface area (Å²) in [4.78, 5) is 28.0. The van der Waals surface area contributed by atoms with Gasteiger partial charge in [-0.05, 0) is 80.7 Å². The van der Waals surface area contributed by atoms with Crippen molar-refractivity contribution in [3.05, 3.63) is 95.1 Å². The zero-order chi connectivity index (χ0) is 32.9. The Morgan fingerprint density at radius 2 is 1.46 bits per heavy atom. The number of hydrogen-bond donors (Lipinski definition) is 2. The fourth-order valence-corrected chi connectivity index (χ4v) is 5.86. The van der Waals surface area contributed by atoms with E-state index in [1.165, 1.54) is 48.5 Å². The number of nitrogens with zero attached hydrogens (tertiary/aromatic N) is 1. The van der Waals surface area contributed by atoms with Crippen LogP contribution in [0, 0.1) is 17.6 Å². The number of carbonyl (C=O) groups is 2. The van der Waals surface area contributed by atoms with Crippen LogP contribution in [0.4, 0.5) is 8.78 Å². The number of methoxy groups -OCH3 is 1. The molecule has 0 radical (unpaired) electrons. The van der Waals surface area contributed by atoms with Crippen LogP contribution in [0.5, 0.6) is 11.5 Å². The summed E-state index contributed by atoms with van der Waals surface area (Å²) in [6.45, 7) is 2.17. The molecular weight excluding hydrogens is 600 g/mol. The Morgan fingerprint density at radius 3 is 2.02 bits per heavy atom. The number of aliphatic hydroxyl groups excluding tert-OH is 2. The fraction of sp³-hybridized carbons (Fsp3) is 0.429. The van der Waals surface area contributed by atoms with Gasteiger partial charge in [-0.3, -0.25) is 0 Å².